The van der Waals surface area contributed by atoms with Crippen LogP contribution < -0.4 is 9.47 Å². The fourth-order valence-electron chi connectivity index (χ4n) is 5.57. The van der Waals surface area contributed by atoms with Crippen molar-refractivity contribution in [3.63, 3.8) is 0 Å². The van der Waals surface area contributed by atoms with Gasteiger partial charge < -0.3 is 19.1 Å². The molecule has 2 unspecified atom stereocenters. The fraction of sp³-hybridized carbons (Fsp3) is 0.333. The first kappa shape index (κ1) is 24.8. The quantitative estimate of drug-likeness (QED) is 0.439. The van der Waals surface area contributed by atoms with Gasteiger partial charge in [-0.15, -0.1) is 0 Å². The summed E-state index contributed by atoms with van der Waals surface area (Å²) in [5.41, 5.74) is 4.04. The molecule has 0 spiro atoms. The zero-order valence-electron chi connectivity index (χ0n) is 21.4. The molecule has 3 aromatic carbocycles. The molecule has 7 nitrogen and oxygen atoms in total. The van der Waals surface area contributed by atoms with Gasteiger partial charge in [0.15, 0.2) is 5.75 Å². The molecule has 8 heteroatoms. The average molecular weight is 533 g/mol. The van der Waals surface area contributed by atoms with E-state index in [-0.39, 0.29) is 18.1 Å². The smallest absolute Gasteiger partial charge is 0.418 e. The number of epoxide rings is 1. The molecule has 2 atom stereocenters. The van der Waals surface area contributed by atoms with E-state index in [1.54, 1.807) is 0 Å². The molecule has 0 bridgehead atoms. The van der Waals surface area contributed by atoms with Crippen LogP contribution >= 0.6 is 11.6 Å². The minimum absolute atomic E-state index is 0.0239. The van der Waals surface area contributed by atoms with E-state index in [0.29, 0.717) is 11.6 Å². The van der Waals surface area contributed by atoms with Gasteiger partial charge in [0.2, 0.25) is 0 Å². The van der Waals surface area contributed by atoms with Crippen LogP contribution in [0.4, 0.5) is 4.79 Å². The van der Waals surface area contributed by atoms with Gasteiger partial charge in [0.1, 0.15) is 5.75 Å². The number of likely N-dealkylation sites (N-methyl/N-ethyl adjacent to an activating group) is 2. The summed E-state index contributed by atoms with van der Waals surface area (Å²) in [5.74, 6) is 0.776. The number of benzene rings is 3. The van der Waals surface area contributed by atoms with Crippen LogP contribution in [0, 0.1) is 0 Å². The Kier molecular flexibility index (Phi) is 6.28. The number of carbonyl (C=O) groups is 2. The summed E-state index contributed by atoms with van der Waals surface area (Å²) in [6, 6.07) is 19.5. The van der Waals surface area contributed by atoms with Crippen molar-refractivity contribution in [1.29, 1.82) is 0 Å². The van der Waals surface area contributed by atoms with Gasteiger partial charge in [-0.05, 0) is 47.9 Å². The number of para-hydroxylation sites is 1. The molecule has 0 saturated carbocycles. The summed E-state index contributed by atoms with van der Waals surface area (Å²) in [5, 5.41) is 0.350. The van der Waals surface area contributed by atoms with E-state index in [0.717, 1.165) is 53.9 Å². The highest BCUT2D eigenvalue weighted by Gasteiger charge is 2.63. The molecule has 38 heavy (non-hydrogen) atoms. The molecule has 3 aliphatic rings. The third-order valence-electron chi connectivity index (χ3n) is 7.78. The molecule has 196 valence electrons. The van der Waals surface area contributed by atoms with Crippen molar-refractivity contribution < 1.29 is 23.8 Å². The van der Waals surface area contributed by atoms with Crippen molar-refractivity contribution in [2.45, 2.75) is 30.9 Å². The largest absolute Gasteiger partial charge is 0.493 e. The maximum absolute atomic E-state index is 13.3. The number of halogens is 1. The van der Waals surface area contributed by atoms with E-state index >= 15 is 0 Å². The van der Waals surface area contributed by atoms with Crippen LogP contribution in [0.25, 0.3) is 0 Å². The molecular weight excluding hydrogens is 504 g/mol. The van der Waals surface area contributed by atoms with E-state index in [2.05, 4.69) is 30.1 Å². The maximum atomic E-state index is 13.3. The number of ether oxygens (including phenoxy) is 3. The second-order valence-corrected chi connectivity index (χ2v) is 10.7. The standard InChI is InChI=1S/C30H29ClN2O5/c1-32-13-11-21-15-25(31)26(16-23(21)24(18-32)22-10-6-9-20-12-14-36-27(20)22)37-29(35)33(2)30(28(34)38-30)17-19-7-4-3-5-8-19/h3-10,15-16,24H,11-14,17-18H2,1-2H3. The number of hydrogen-bond acceptors (Lipinski definition) is 6. The van der Waals surface area contributed by atoms with Crippen molar-refractivity contribution in [2.75, 3.05) is 33.8 Å². The molecule has 1 amide bonds. The number of carbonyl (C=O) groups excluding carboxylic acids is 2. The Morgan fingerprint density at radius 1 is 1.11 bits per heavy atom. The zero-order valence-corrected chi connectivity index (χ0v) is 22.2. The van der Waals surface area contributed by atoms with E-state index in [9.17, 15) is 9.59 Å². The lowest BCUT2D eigenvalue weighted by atomic mass is 9.86. The molecule has 0 aromatic heterocycles. The molecule has 1 saturated heterocycles. The summed E-state index contributed by atoms with van der Waals surface area (Å²) in [6.45, 7) is 2.37. The molecule has 6 rings (SSSR count). The number of nitrogens with zero attached hydrogens (tertiary/aromatic N) is 2. The summed E-state index contributed by atoms with van der Waals surface area (Å²) in [7, 11) is 3.62. The van der Waals surface area contributed by atoms with Gasteiger partial charge >= 0.3 is 12.1 Å². The second kappa shape index (κ2) is 9.64. The highest BCUT2D eigenvalue weighted by molar-refractivity contribution is 6.32. The van der Waals surface area contributed by atoms with Gasteiger partial charge in [-0.25, -0.2) is 9.59 Å². The summed E-state index contributed by atoms with van der Waals surface area (Å²) in [6.07, 6.45) is 1.26. The van der Waals surface area contributed by atoms with Gasteiger partial charge in [-0.2, -0.15) is 0 Å². The van der Waals surface area contributed by atoms with Crippen LogP contribution in [-0.2, 0) is 28.8 Å². The van der Waals surface area contributed by atoms with Crippen LogP contribution in [0.3, 0.4) is 0 Å². The Morgan fingerprint density at radius 3 is 2.66 bits per heavy atom. The van der Waals surface area contributed by atoms with Crippen LogP contribution in [0.2, 0.25) is 5.02 Å². The molecule has 1 fully saturated rings. The van der Waals surface area contributed by atoms with Crippen LogP contribution in [-0.4, -0.2) is 61.4 Å². The summed E-state index contributed by atoms with van der Waals surface area (Å²) < 4.78 is 17.2. The topological polar surface area (TPSA) is 71.6 Å². The van der Waals surface area contributed by atoms with E-state index in [1.807, 2.05) is 42.5 Å². The number of fused-ring (bicyclic) bond motifs is 2. The third-order valence-corrected chi connectivity index (χ3v) is 8.08. The lowest BCUT2D eigenvalue weighted by Crippen LogP contribution is -2.44. The van der Waals surface area contributed by atoms with E-state index in [1.165, 1.54) is 17.5 Å². The molecule has 0 radical (unpaired) electrons. The van der Waals surface area contributed by atoms with Crippen LogP contribution in [0.15, 0.2) is 60.7 Å². The molecule has 0 aliphatic carbocycles. The normalized spacial score (nSPS) is 22.0. The molecular formula is C30H29ClN2O5. The third kappa shape index (κ3) is 4.40. The fourth-order valence-corrected chi connectivity index (χ4v) is 5.79. The summed E-state index contributed by atoms with van der Waals surface area (Å²) in [4.78, 5) is 29.1. The lowest BCUT2D eigenvalue weighted by molar-refractivity contribution is -0.117. The van der Waals surface area contributed by atoms with Gasteiger partial charge in [0, 0.05) is 44.5 Å². The Balaban J connectivity index is 1.31. The lowest BCUT2D eigenvalue weighted by Gasteiger charge is -2.25. The van der Waals surface area contributed by atoms with Crippen molar-refractivity contribution in [1.82, 2.24) is 9.80 Å². The predicted molar refractivity (Wildman–Crippen MR) is 143 cm³/mol. The van der Waals surface area contributed by atoms with E-state index < -0.39 is 17.8 Å². The zero-order chi connectivity index (χ0) is 26.4. The Bertz CT molecular complexity index is 1410. The minimum Gasteiger partial charge on any atom is -0.493 e. The number of rotatable bonds is 5. The SMILES string of the molecule is CN1CCc2cc(Cl)c(OC(=O)N(C)C3(Cc4ccccc4)OC3=O)cc2C(c2cccc3c2OCC3)C1. The van der Waals surface area contributed by atoms with Gasteiger partial charge in [-0.1, -0.05) is 60.1 Å². The highest BCUT2D eigenvalue weighted by atomic mass is 35.5. The first-order chi connectivity index (χ1) is 18.4. The number of hydrogen-bond donors (Lipinski definition) is 0. The maximum Gasteiger partial charge on any atom is 0.418 e. The molecule has 3 aromatic rings. The first-order valence-corrected chi connectivity index (χ1v) is 13.2. The minimum atomic E-state index is -1.37. The number of amides is 1. The van der Waals surface area contributed by atoms with Gasteiger partial charge in [0.25, 0.3) is 5.72 Å². The monoisotopic (exact) mass is 532 g/mol. The Labute approximate surface area is 226 Å². The second-order valence-electron chi connectivity index (χ2n) is 10.2. The predicted octanol–water partition coefficient (Wildman–Crippen LogP) is 4.82. The molecule has 3 heterocycles. The van der Waals surface area contributed by atoms with Gasteiger partial charge in [-0.3, -0.25) is 4.90 Å². The van der Waals surface area contributed by atoms with Crippen LogP contribution in [0.1, 0.15) is 33.7 Å². The van der Waals surface area contributed by atoms with Crippen molar-refractivity contribution in [3.8, 4) is 11.5 Å². The Hall–Kier alpha value is -3.55. The first-order valence-electron chi connectivity index (χ1n) is 12.8. The highest BCUT2D eigenvalue weighted by Crippen LogP contribution is 2.43. The van der Waals surface area contributed by atoms with Crippen molar-refractivity contribution >= 4 is 23.7 Å². The Morgan fingerprint density at radius 2 is 1.89 bits per heavy atom. The molecule has 3 aliphatic heterocycles. The summed E-state index contributed by atoms with van der Waals surface area (Å²) >= 11 is 6.64. The van der Waals surface area contributed by atoms with Crippen molar-refractivity contribution in [3.05, 3.63) is 93.5 Å². The van der Waals surface area contributed by atoms with Gasteiger partial charge in [0.05, 0.1) is 11.6 Å². The molecule has 0 N–H and O–H groups in total. The van der Waals surface area contributed by atoms with E-state index in [4.69, 9.17) is 25.8 Å². The number of cyclic esters (lactones) is 1. The van der Waals surface area contributed by atoms with Crippen LogP contribution in [0.5, 0.6) is 11.5 Å². The average Bonchev–Trinajstić information content (AvgIpc) is 3.36. The van der Waals surface area contributed by atoms with Crippen molar-refractivity contribution in [2.24, 2.45) is 0 Å².